The van der Waals surface area contributed by atoms with Gasteiger partial charge in [-0.05, 0) is 38.1 Å². The van der Waals surface area contributed by atoms with E-state index in [-0.39, 0.29) is 0 Å². The smallest absolute Gasteiger partial charge is 0.338 e. The average molecular weight is 368 g/mol. The second-order valence-corrected chi connectivity index (χ2v) is 6.90. The molecule has 6 nitrogen and oxygen atoms in total. The van der Waals surface area contributed by atoms with Crippen molar-refractivity contribution in [2.45, 2.75) is 44.1 Å². The van der Waals surface area contributed by atoms with Crippen molar-refractivity contribution in [1.29, 1.82) is 0 Å². The summed E-state index contributed by atoms with van der Waals surface area (Å²) in [5, 5.41) is 0. The summed E-state index contributed by atoms with van der Waals surface area (Å²) in [6.07, 6.45) is -2.35. The van der Waals surface area contributed by atoms with E-state index in [9.17, 15) is 9.59 Å². The largest absolute Gasteiger partial charge is 0.456 e. The lowest BCUT2D eigenvalue weighted by Crippen LogP contribution is -2.45. The van der Waals surface area contributed by atoms with Gasteiger partial charge in [0, 0.05) is 0 Å². The van der Waals surface area contributed by atoms with Crippen LogP contribution in [-0.4, -0.2) is 42.1 Å². The number of rotatable bonds is 5. The number of hydrogen-bond donors (Lipinski definition) is 0. The average Bonchev–Trinajstić information content (AvgIpc) is 3.28. The van der Waals surface area contributed by atoms with E-state index in [2.05, 4.69) is 0 Å². The topological polar surface area (TPSA) is 74.4 Å². The van der Waals surface area contributed by atoms with Crippen LogP contribution >= 0.6 is 0 Å². The molecule has 0 spiro atoms. The highest BCUT2D eigenvalue weighted by Gasteiger charge is 2.71. The van der Waals surface area contributed by atoms with E-state index in [1.807, 2.05) is 19.1 Å². The van der Waals surface area contributed by atoms with Crippen LogP contribution in [0, 0.1) is 0 Å². The minimum Gasteiger partial charge on any atom is -0.456 e. The molecule has 27 heavy (non-hydrogen) atoms. The number of fused-ring (bicyclic) bond motifs is 1. The van der Waals surface area contributed by atoms with Crippen molar-refractivity contribution in [2.75, 3.05) is 0 Å². The fourth-order valence-corrected chi connectivity index (χ4v) is 3.28. The maximum atomic E-state index is 12.5. The van der Waals surface area contributed by atoms with Crippen LogP contribution in [0.3, 0.4) is 0 Å². The number of carbonyl (C=O) groups excluding carboxylic acids is 2. The van der Waals surface area contributed by atoms with Gasteiger partial charge in [0.05, 0.1) is 11.1 Å². The lowest BCUT2D eigenvalue weighted by Gasteiger charge is -2.28. The quantitative estimate of drug-likeness (QED) is 0.597. The van der Waals surface area contributed by atoms with Gasteiger partial charge in [-0.3, -0.25) is 0 Å². The minimum absolute atomic E-state index is 0.442. The Labute approximate surface area is 157 Å². The highest BCUT2D eigenvalue weighted by molar-refractivity contribution is 5.90. The maximum Gasteiger partial charge on any atom is 0.338 e. The SMILES string of the molecule is C[C@@H](OC(=O)c1ccccc1)[C@H]1O[C@@H]2O[C@]2(C)[C@H]1OC(=O)c1ccccc1. The molecule has 2 heterocycles. The molecular formula is C21H20O6. The van der Waals surface area contributed by atoms with Crippen molar-refractivity contribution < 1.29 is 28.5 Å². The zero-order chi connectivity index (χ0) is 19.0. The standard InChI is InChI=1S/C21H20O6/c1-13(24-18(22)14-9-5-3-6-10-14)16-17(21(2)20(25-16)27-21)26-19(23)15-11-7-4-8-12-15/h3-13,16-17,20H,1-2H3/t13-,16-,17+,20-,21-/m1/s1. The summed E-state index contributed by atoms with van der Waals surface area (Å²) in [4.78, 5) is 24.8. The first-order chi connectivity index (χ1) is 13.0. The predicted molar refractivity (Wildman–Crippen MR) is 95.1 cm³/mol. The molecule has 2 saturated heterocycles. The molecule has 2 aliphatic heterocycles. The molecule has 0 amide bonds. The summed E-state index contributed by atoms with van der Waals surface area (Å²) in [7, 11) is 0. The fraction of sp³-hybridized carbons (Fsp3) is 0.333. The van der Waals surface area contributed by atoms with Crippen molar-refractivity contribution in [1.82, 2.24) is 0 Å². The number of ether oxygens (including phenoxy) is 4. The van der Waals surface area contributed by atoms with Crippen LogP contribution in [0.5, 0.6) is 0 Å². The fourth-order valence-electron chi connectivity index (χ4n) is 3.28. The lowest BCUT2D eigenvalue weighted by molar-refractivity contribution is -0.127. The number of carbonyl (C=O) groups is 2. The van der Waals surface area contributed by atoms with Crippen molar-refractivity contribution in [2.24, 2.45) is 0 Å². The van der Waals surface area contributed by atoms with Gasteiger partial charge in [-0.15, -0.1) is 0 Å². The summed E-state index contributed by atoms with van der Waals surface area (Å²) in [6, 6.07) is 17.4. The summed E-state index contributed by atoms with van der Waals surface area (Å²) in [5.41, 5.74) is 0.174. The van der Waals surface area contributed by atoms with E-state index < -0.39 is 42.1 Å². The maximum absolute atomic E-state index is 12.5. The molecule has 0 saturated carbocycles. The number of hydrogen-bond acceptors (Lipinski definition) is 6. The van der Waals surface area contributed by atoms with Gasteiger partial charge in [0.2, 0.25) is 0 Å². The molecule has 2 aromatic rings. The van der Waals surface area contributed by atoms with Gasteiger partial charge in [-0.25, -0.2) is 9.59 Å². The van der Waals surface area contributed by atoms with Crippen LogP contribution in [0.25, 0.3) is 0 Å². The van der Waals surface area contributed by atoms with Crippen LogP contribution in [0.4, 0.5) is 0 Å². The minimum atomic E-state index is -0.720. The van der Waals surface area contributed by atoms with Gasteiger partial charge in [0.15, 0.2) is 18.0 Å². The van der Waals surface area contributed by atoms with E-state index in [1.165, 1.54) is 0 Å². The molecule has 140 valence electrons. The molecular weight excluding hydrogens is 348 g/mol. The van der Waals surface area contributed by atoms with Crippen molar-refractivity contribution in [3.8, 4) is 0 Å². The van der Waals surface area contributed by atoms with E-state index in [0.717, 1.165) is 0 Å². The summed E-state index contributed by atoms with van der Waals surface area (Å²) >= 11 is 0. The van der Waals surface area contributed by atoms with Gasteiger partial charge in [-0.2, -0.15) is 0 Å². The first kappa shape index (κ1) is 17.7. The molecule has 0 unspecified atom stereocenters. The zero-order valence-electron chi connectivity index (χ0n) is 15.0. The Bertz CT molecular complexity index is 836. The number of benzene rings is 2. The van der Waals surface area contributed by atoms with Gasteiger partial charge in [0.1, 0.15) is 12.2 Å². The molecule has 4 rings (SSSR count). The Morgan fingerprint density at radius 3 is 2.11 bits per heavy atom. The second-order valence-electron chi connectivity index (χ2n) is 6.90. The molecule has 5 atom stereocenters. The Morgan fingerprint density at radius 1 is 0.963 bits per heavy atom. The molecule has 0 radical (unpaired) electrons. The third kappa shape index (κ3) is 3.34. The van der Waals surface area contributed by atoms with E-state index in [0.29, 0.717) is 11.1 Å². The molecule has 0 aliphatic carbocycles. The first-order valence-electron chi connectivity index (χ1n) is 8.84. The monoisotopic (exact) mass is 368 g/mol. The first-order valence-corrected chi connectivity index (χ1v) is 8.84. The molecule has 2 fully saturated rings. The van der Waals surface area contributed by atoms with Crippen molar-refractivity contribution in [3.05, 3.63) is 71.8 Å². The Balaban J connectivity index is 1.47. The number of epoxide rings is 1. The predicted octanol–water partition coefficient (Wildman–Crippen LogP) is 2.97. The van der Waals surface area contributed by atoms with Gasteiger partial charge >= 0.3 is 11.9 Å². The van der Waals surface area contributed by atoms with Crippen molar-refractivity contribution >= 4 is 11.9 Å². The van der Waals surface area contributed by atoms with E-state index in [4.69, 9.17) is 18.9 Å². The van der Waals surface area contributed by atoms with Crippen LogP contribution < -0.4 is 0 Å². The Hall–Kier alpha value is -2.70. The normalized spacial score (nSPS) is 29.5. The van der Waals surface area contributed by atoms with E-state index in [1.54, 1.807) is 55.5 Å². The van der Waals surface area contributed by atoms with Crippen molar-refractivity contribution in [3.63, 3.8) is 0 Å². The van der Waals surface area contributed by atoms with Crippen LogP contribution in [-0.2, 0) is 18.9 Å². The highest BCUT2D eigenvalue weighted by Crippen LogP contribution is 2.51. The zero-order valence-corrected chi connectivity index (χ0v) is 15.0. The Morgan fingerprint density at radius 2 is 1.52 bits per heavy atom. The summed E-state index contributed by atoms with van der Waals surface area (Å²) in [6.45, 7) is 3.55. The summed E-state index contributed by atoms with van der Waals surface area (Å²) in [5.74, 6) is -0.917. The molecule has 0 aromatic heterocycles. The van der Waals surface area contributed by atoms with Gasteiger partial charge in [0.25, 0.3) is 0 Å². The molecule has 0 N–H and O–H groups in total. The van der Waals surface area contributed by atoms with Gasteiger partial charge in [-0.1, -0.05) is 36.4 Å². The molecule has 6 heteroatoms. The third-order valence-electron chi connectivity index (χ3n) is 4.92. The lowest BCUT2D eigenvalue weighted by atomic mass is 9.99. The van der Waals surface area contributed by atoms with Crippen LogP contribution in [0.15, 0.2) is 60.7 Å². The number of esters is 2. The van der Waals surface area contributed by atoms with Gasteiger partial charge < -0.3 is 18.9 Å². The molecule has 0 bridgehead atoms. The molecule has 2 aliphatic rings. The molecule has 2 aromatic carbocycles. The highest BCUT2D eigenvalue weighted by atomic mass is 16.8. The Kier molecular flexibility index (Phi) is 4.45. The summed E-state index contributed by atoms with van der Waals surface area (Å²) < 4.78 is 22.6. The second kappa shape index (κ2) is 6.79. The third-order valence-corrected chi connectivity index (χ3v) is 4.92. The van der Waals surface area contributed by atoms with Crippen LogP contribution in [0.2, 0.25) is 0 Å². The van der Waals surface area contributed by atoms with E-state index >= 15 is 0 Å². The van der Waals surface area contributed by atoms with Crippen LogP contribution in [0.1, 0.15) is 34.6 Å².